The Balaban J connectivity index is 1.62. The fraction of sp³-hybridized carbons (Fsp3) is 0.529. The fourth-order valence-corrected chi connectivity index (χ4v) is 4.47. The van der Waals surface area contributed by atoms with Crippen LogP contribution in [0, 0.1) is 5.92 Å². The van der Waals surface area contributed by atoms with Crippen LogP contribution in [0.1, 0.15) is 37.8 Å². The largest absolute Gasteiger partial charge is 0.480 e. The van der Waals surface area contributed by atoms with Gasteiger partial charge in [-0.2, -0.15) is 0 Å². The highest BCUT2D eigenvalue weighted by Gasteiger charge is 2.45. The highest BCUT2D eigenvalue weighted by Crippen LogP contribution is 2.40. The summed E-state index contributed by atoms with van der Waals surface area (Å²) in [6.07, 6.45) is 9.25. The van der Waals surface area contributed by atoms with E-state index in [1.54, 1.807) is 0 Å². The van der Waals surface area contributed by atoms with Crippen molar-refractivity contribution >= 4 is 23.2 Å². The first kappa shape index (κ1) is 15.0. The van der Waals surface area contributed by atoms with E-state index in [2.05, 4.69) is 9.88 Å². The Morgan fingerprint density at radius 3 is 2.96 bits per heavy atom. The van der Waals surface area contributed by atoms with Crippen molar-refractivity contribution in [3.8, 4) is 0 Å². The van der Waals surface area contributed by atoms with Gasteiger partial charge in [-0.05, 0) is 37.3 Å². The Morgan fingerprint density at radius 1 is 1.30 bits per heavy atom. The molecule has 6 heteroatoms. The van der Waals surface area contributed by atoms with Crippen LogP contribution in [0.3, 0.4) is 0 Å². The summed E-state index contributed by atoms with van der Waals surface area (Å²) in [5.74, 6) is -0.178. The molecular weight excluding hydrogens is 314 g/mol. The molecule has 4 rings (SSSR count). The molecule has 5 nitrogen and oxygen atoms in total. The van der Waals surface area contributed by atoms with Gasteiger partial charge in [0.2, 0.25) is 0 Å². The standard InChI is InChI=1S/C17H20ClN3O2/c18-12-5-6-16-19-13(9-20(16)8-12)10-21-14-4-2-1-3-11(14)7-15(21)17(22)23/h5-6,8-9,11,14-15H,1-4,7,10H2,(H,22,23)/t11-,14-,15+/m1/s1. The van der Waals surface area contributed by atoms with Crippen LogP contribution in [-0.4, -0.2) is 37.4 Å². The summed E-state index contributed by atoms with van der Waals surface area (Å²) in [5.41, 5.74) is 1.75. The second-order valence-corrected chi connectivity index (χ2v) is 7.16. The van der Waals surface area contributed by atoms with Crippen molar-refractivity contribution in [3.63, 3.8) is 0 Å². The average molecular weight is 334 g/mol. The molecule has 3 atom stereocenters. The van der Waals surface area contributed by atoms with Gasteiger partial charge in [0.25, 0.3) is 0 Å². The predicted molar refractivity (Wildman–Crippen MR) is 87.5 cm³/mol. The van der Waals surface area contributed by atoms with Crippen LogP contribution in [0.5, 0.6) is 0 Å². The number of carbonyl (C=O) groups is 1. The van der Waals surface area contributed by atoms with Gasteiger partial charge in [0.1, 0.15) is 11.7 Å². The molecule has 1 saturated heterocycles. The van der Waals surface area contributed by atoms with Crippen molar-refractivity contribution in [1.29, 1.82) is 0 Å². The molecule has 0 radical (unpaired) electrons. The maximum atomic E-state index is 11.7. The number of hydrogen-bond acceptors (Lipinski definition) is 3. The summed E-state index contributed by atoms with van der Waals surface area (Å²) in [5, 5.41) is 10.3. The van der Waals surface area contributed by atoms with Gasteiger partial charge in [0, 0.05) is 25.0 Å². The summed E-state index contributed by atoms with van der Waals surface area (Å²) in [7, 11) is 0. The molecule has 2 fully saturated rings. The Hall–Kier alpha value is -1.59. The second kappa shape index (κ2) is 5.80. The van der Waals surface area contributed by atoms with Gasteiger partial charge in [-0.3, -0.25) is 9.69 Å². The van der Waals surface area contributed by atoms with Gasteiger partial charge in [0.15, 0.2) is 0 Å². The van der Waals surface area contributed by atoms with E-state index in [1.807, 2.05) is 28.9 Å². The third kappa shape index (κ3) is 2.72. The SMILES string of the molecule is O=C(O)[C@@H]1C[C@H]2CCCC[C@H]2N1Cc1cn2cc(Cl)ccc2n1. The number of likely N-dealkylation sites (tertiary alicyclic amines) is 1. The van der Waals surface area contributed by atoms with E-state index < -0.39 is 5.97 Å². The number of carboxylic acids is 1. The van der Waals surface area contributed by atoms with Gasteiger partial charge in [0.05, 0.1) is 10.7 Å². The average Bonchev–Trinajstić information content (AvgIpc) is 3.08. The molecule has 0 spiro atoms. The van der Waals surface area contributed by atoms with Crippen LogP contribution in [0.2, 0.25) is 5.02 Å². The zero-order chi connectivity index (χ0) is 16.0. The third-order valence-corrected chi connectivity index (χ3v) is 5.54. The number of aromatic nitrogens is 2. The lowest BCUT2D eigenvalue weighted by Crippen LogP contribution is -2.41. The molecule has 23 heavy (non-hydrogen) atoms. The number of rotatable bonds is 3. The van der Waals surface area contributed by atoms with Crippen molar-refractivity contribution in [3.05, 3.63) is 35.2 Å². The van der Waals surface area contributed by atoms with Crippen LogP contribution < -0.4 is 0 Å². The summed E-state index contributed by atoms with van der Waals surface area (Å²) in [6, 6.07) is 3.71. The topological polar surface area (TPSA) is 57.8 Å². The minimum atomic E-state index is -0.703. The maximum absolute atomic E-state index is 11.7. The first-order chi connectivity index (χ1) is 11.1. The lowest BCUT2D eigenvalue weighted by molar-refractivity contribution is -0.142. The molecule has 122 valence electrons. The van der Waals surface area contributed by atoms with E-state index in [4.69, 9.17) is 11.6 Å². The smallest absolute Gasteiger partial charge is 0.320 e. The zero-order valence-electron chi connectivity index (χ0n) is 12.9. The molecule has 2 aliphatic rings. The van der Waals surface area contributed by atoms with E-state index in [9.17, 15) is 9.90 Å². The Bertz CT molecular complexity index is 745. The fourth-order valence-electron chi connectivity index (χ4n) is 4.30. The first-order valence-corrected chi connectivity index (χ1v) is 8.61. The quantitative estimate of drug-likeness (QED) is 0.937. The summed E-state index contributed by atoms with van der Waals surface area (Å²) >= 11 is 6.02. The van der Waals surface area contributed by atoms with Gasteiger partial charge in [-0.15, -0.1) is 0 Å². The van der Waals surface area contributed by atoms with Gasteiger partial charge in [-0.25, -0.2) is 4.98 Å². The van der Waals surface area contributed by atoms with Gasteiger partial charge in [-0.1, -0.05) is 24.4 Å². The minimum Gasteiger partial charge on any atom is -0.480 e. The van der Waals surface area contributed by atoms with E-state index in [0.717, 1.165) is 30.6 Å². The first-order valence-electron chi connectivity index (χ1n) is 8.23. The van der Waals surface area contributed by atoms with Crippen molar-refractivity contribution in [2.75, 3.05) is 0 Å². The molecule has 1 aliphatic carbocycles. The monoisotopic (exact) mass is 333 g/mol. The molecule has 0 unspecified atom stereocenters. The lowest BCUT2D eigenvalue weighted by Gasteiger charge is -2.32. The highest BCUT2D eigenvalue weighted by atomic mass is 35.5. The molecule has 2 aromatic heterocycles. The number of nitrogens with zero attached hydrogens (tertiary/aromatic N) is 3. The lowest BCUT2D eigenvalue weighted by atomic mass is 9.85. The van der Waals surface area contributed by atoms with E-state index in [0.29, 0.717) is 23.5 Å². The van der Waals surface area contributed by atoms with Crippen molar-refractivity contribution in [1.82, 2.24) is 14.3 Å². The van der Waals surface area contributed by atoms with E-state index >= 15 is 0 Å². The molecule has 1 N–H and O–H groups in total. The number of fused-ring (bicyclic) bond motifs is 2. The third-order valence-electron chi connectivity index (χ3n) is 5.32. The zero-order valence-corrected chi connectivity index (χ0v) is 13.6. The van der Waals surface area contributed by atoms with Crippen molar-refractivity contribution in [2.24, 2.45) is 5.92 Å². The molecule has 0 aromatic carbocycles. The molecule has 2 aromatic rings. The van der Waals surface area contributed by atoms with Crippen LogP contribution in [0.15, 0.2) is 24.5 Å². The molecule has 1 saturated carbocycles. The molecule has 1 aliphatic heterocycles. The van der Waals surface area contributed by atoms with Crippen LogP contribution in [0.25, 0.3) is 5.65 Å². The number of hydrogen-bond donors (Lipinski definition) is 1. The number of pyridine rings is 1. The van der Waals surface area contributed by atoms with Crippen molar-refractivity contribution < 1.29 is 9.90 Å². The van der Waals surface area contributed by atoms with Crippen molar-refractivity contribution in [2.45, 2.75) is 50.7 Å². The number of carboxylic acid groups (broad SMARTS) is 1. The maximum Gasteiger partial charge on any atom is 0.320 e. The van der Waals surface area contributed by atoms with E-state index in [-0.39, 0.29) is 6.04 Å². The number of aliphatic carboxylic acids is 1. The van der Waals surface area contributed by atoms with Crippen LogP contribution in [0.4, 0.5) is 0 Å². The minimum absolute atomic E-state index is 0.378. The molecule has 0 amide bonds. The number of halogens is 1. The van der Waals surface area contributed by atoms with Crippen LogP contribution in [-0.2, 0) is 11.3 Å². The number of imidazole rings is 1. The Morgan fingerprint density at radius 2 is 2.13 bits per heavy atom. The molecule has 0 bridgehead atoms. The second-order valence-electron chi connectivity index (χ2n) is 6.72. The Labute approximate surface area is 139 Å². The normalized spacial score (nSPS) is 28.1. The van der Waals surface area contributed by atoms with Gasteiger partial charge >= 0.3 is 5.97 Å². The van der Waals surface area contributed by atoms with Crippen LogP contribution >= 0.6 is 11.6 Å². The highest BCUT2D eigenvalue weighted by molar-refractivity contribution is 6.30. The summed E-state index contributed by atoms with van der Waals surface area (Å²) < 4.78 is 1.90. The van der Waals surface area contributed by atoms with Gasteiger partial charge < -0.3 is 9.51 Å². The Kier molecular flexibility index (Phi) is 3.77. The summed E-state index contributed by atoms with van der Waals surface area (Å²) in [6.45, 7) is 0.595. The predicted octanol–water partition coefficient (Wildman–Crippen LogP) is 3.21. The van der Waals surface area contributed by atoms with E-state index in [1.165, 1.54) is 12.8 Å². The molecule has 3 heterocycles. The summed E-state index contributed by atoms with van der Waals surface area (Å²) in [4.78, 5) is 18.5. The molecular formula is C17H20ClN3O2.